The van der Waals surface area contributed by atoms with Gasteiger partial charge < -0.3 is 5.32 Å². The Bertz CT molecular complexity index is 1120. The van der Waals surface area contributed by atoms with Gasteiger partial charge in [-0.15, -0.1) is 11.3 Å². The molecule has 0 unspecified atom stereocenters. The van der Waals surface area contributed by atoms with Crippen LogP contribution in [-0.4, -0.2) is 11.8 Å². The van der Waals surface area contributed by atoms with Crippen molar-refractivity contribution < 1.29 is 9.59 Å². The van der Waals surface area contributed by atoms with Crippen molar-refractivity contribution in [1.29, 1.82) is 0 Å². The molecule has 3 aromatic rings. The van der Waals surface area contributed by atoms with E-state index in [-0.39, 0.29) is 17.5 Å². The second-order valence-corrected chi connectivity index (χ2v) is 7.93. The second-order valence-electron chi connectivity index (χ2n) is 6.54. The first-order valence-corrected chi connectivity index (χ1v) is 9.99. The average molecular weight is 409 g/mol. The Kier molecular flexibility index (Phi) is 4.79. The van der Waals surface area contributed by atoms with Gasteiger partial charge in [-0.3, -0.25) is 9.59 Å². The lowest BCUT2D eigenvalue weighted by atomic mass is 10.1. The molecule has 1 aliphatic heterocycles. The van der Waals surface area contributed by atoms with E-state index in [4.69, 9.17) is 11.6 Å². The molecule has 0 spiro atoms. The van der Waals surface area contributed by atoms with Crippen LogP contribution < -0.4 is 10.2 Å². The molecule has 2 amide bonds. The molecule has 0 fully saturated rings. The number of anilines is 2. The van der Waals surface area contributed by atoms with Crippen LogP contribution in [0.1, 0.15) is 16.0 Å². The number of nitrogens with one attached hydrogen (secondary N) is 1. The zero-order valence-corrected chi connectivity index (χ0v) is 16.9. The van der Waals surface area contributed by atoms with Crippen LogP contribution in [0.15, 0.2) is 65.7 Å². The van der Waals surface area contributed by atoms with Gasteiger partial charge in [0.1, 0.15) is 5.70 Å². The van der Waals surface area contributed by atoms with Crippen LogP contribution in [0.25, 0.3) is 5.57 Å². The van der Waals surface area contributed by atoms with Gasteiger partial charge in [0.2, 0.25) is 0 Å². The topological polar surface area (TPSA) is 49.4 Å². The number of hydrogen-bond donors (Lipinski definition) is 1. The van der Waals surface area contributed by atoms with Crippen LogP contribution in [0.4, 0.5) is 11.4 Å². The molecule has 2 heterocycles. The molecule has 0 atom stereocenters. The van der Waals surface area contributed by atoms with Crippen molar-refractivity contribution in [2.45, 2.75) is 13.8 Å². The maximum atomic E-state index is 13.3. The fraction of sp³-hybridized carbons (Fsp3) is 0.0909. The molecular weight excluding hydrogens is 392 g/mol. The van der Waals surface area contributed by atoms with E-state index in [1.54, 1.807) is 18.2 Å². The summed E-state index contributed by atoms with van der Waals surface area (Å²) in [6.45, 7) is 3.79. The summed E-state index contributed by atoms with van der Waals surface area (Å²) in [7, 11) is 0. The molecule has 1 N–H and O–H groups in total. The molecule has 2 aromatic carbocycles. The van der Waals surface area contributed by atoms with E-state index in [1.807, 2.05) is 55.6 Å². The lowest BCUT2D eigenvalue weighted by Crippen LogP contribution is -2.33. The molecule has 0 bridgehead atoms. The third-order valence-corrected chi connectivity index (χ3v) is 5.78. The summed E-state index contributed by atoms with van der Waals surface area (Å²) in [5, 5.41) is 5.66. The lowest BCUT2D eigenvalue weighted by Gasteiger charge is -2.18. The summed E-state index contributed by atoms with van der Waals surface area (Å²) in [4.78, 5) is 28.6. The van der Waals surface area contributed by atoms with Crippen molar-refractivity contribution in [2.75, 3.05) is 10.2 Å². The molecule has 0 saturated carbocycles. The summed E-state index contributed by atoms with van der Waals surface area (Å²) in [5.74, 6) is -0.712. The Morgan fingerprint density at radius 2 is 1.71 bits per heavy atom. The summed E-state index contributed by atoms with van der Waals surface area (Å²) in [5.41, 5.74) is 3.75. The van der Waals surface area contributed by atoms with Gasteiger partial charge in [0.05, 0.1) is 11.3 Å². The van der Waals surface area contributed by atoms with Gasteiger partial charge in [0.25, 0.3) is 11.8 Å². The predicted octanol–water partition coefficient (Wildman–Crippen LogP) is 5.41. The van der Waals surface area contributed by atoms with Crippen molar-refractivity contribution in [1.82, 2.24) is 0 Å². The molecule has 4 rings (SSSR count). The van der Waals surface area contributed by atoms with E-state index in [1.165, 1.54) is 16.2 Å². The van der Waals surface area contributed by atoms with Crippen LogP contribution in [0.5, 0.6) is 0 Å². The predicted molar refractivity (Wildman–Crippen MR) is 115 cm³/mol. The molecule has 1 aliphatic rings. The Morgan fingerprint density at radius 1 is 0.929 bits per heavy atom. The number of amides is 2. The highest BCUT2D eigenvalue weighted by Crippen LogP contribution is 2.37. The van der Waals surface area contributed by atoms with Gasteiger partial charge in [-0.05, 0) is 60.7 Å². The van der Waals surface area contributed by atoms with Gasteiger partial charge in [-0.1, -0.05) is 35.9 Å². The molecule has 0 saturated heterocycles. The summed E-state index contributed by atoms with van der Waals surface area (Å²) >= 11 is 7.48. The van der Waals surface area contributed by atoms with Crippen LogP contribution in [-0.2, 0) is 9.59 Å². The summed E-state index contributed by atoms with van der Waals surface area (Å²) in [6, 6.07) is 16.5. The first-order chi connectivity index (χ1) is 13.5. The van der Waals surface area contributed by atoms with Crippen LogP contribution in [0, 0.1) is 13.8 Å². The number of carbonyl (C=O) groups excluding carboxylic acids is 2. The van der Waals surface area contributed by atoms with E-state index in [2.05, 4.69) is 5.32 Å². The van der Waals surface area contributed by atoms with Crippen molar-refractivity contribution in [3.8, 4) is 0 Å². The van der Waals surface area contributed by atoms with Crippen molar-refractivity contribution in [3.05, 3.63) is 86.7 Å². The molecule has 0 aliphatic carbocycles. The van der Waals surface area contributed by atoms with E-state index < -0.39 is 0 Å². The quantitative estimate of drug-likeness (QED) is 0.587. The average Bonchev–Trinajstić information content (AvgIpc) is 3.25. The van der Waals surface area contributed by atoms with Crippen molar-refractivity contribution in [2.24, 2.45) is 0 Å². The Morgan fingerprint density at radius 3 is 2.39 bits per heavy atom. The number of benzene rings is 2. The van der Waals surface area contributed by atoms with Crippen LogP contribution in [0.3, 0.4) is 0 Å². The van der Waals surface area contributed by atoms with E-state index in [9.17, 15) is 9.59 Å². The molecule has 0 radical (unpaired) electrons. The first-order valence-electron chi connectivity index (χ1n) is 8.73. The molecule has 140 valence electrons. The van der Waals surface area contributed by atoms with Gasteiger partial charge in [-0.25, -0.2) is 4.90 Å². The number of carbonyl (C=O) groups is 2. The summed E-state index contributed by atoms with van der Waals surface area (Å²) in [6.07, 6.45) is 0. The number of para-hydroxylation sites is 1. The van der Waals surface area contributed by atoms with E-state index in [0.29, 0.717) is 16.3 Å². The molecule has 1 aromatic heterocycles. The zero-order valence-electron chi connectivity index (χ0n) is 15.3. The van der Waals surface area contributed by atoms with Gasteiger partial charge >= 0.3 is 0 Å². The number of imide groups is 1. The van der Waals surface area contributed by atoms with Crippen molar-refractivity contribution >= 4 is 51.7 Å². The third-order valence-electron chi connectivity index (χ3n) is 4.66. The number of hydrogen-bond acceptors (Lipinski definition) is 4. The number of thiophene rings is 1. The minimum Gasteiger partial charge on any atom is -0.350 e. The fourth-order valence-electron chi connectivity index (χ4n) is 3.23. The zero-order chi connectivity index (χ0) is 19.8. The Balaban J connectivity index is 1.83. The van der Waals surface area contributed by atoms with Gasteiger partial charge in [-0.2, -0.15) is 0 Å². The molecule has 6 heteroatoms. The molecule has 4 nitrogen and oxygen atoms in total. The highest BCUT2D eigenvalue weighted by atomic mass is 35.5. The van der Waals surface area contributed by atoms with Crippen LogP contribution >= 0.6 is 22.9 Å². The number of halogens is 1. The maximum Gasteiger partial charge on any atom is 0.282 e. The fourth-order valence-corrected chi connectivity index (χ4v) is 4.23. The Labute approximate surface area is 172 Å². The second kappa shape index (κ2) is 7.26. The summed E-state index contributed by atoms with van der Waals surface area (Å²) < 4.78 is 0. The van der Waals surface area contributed by atoms with Crippen molar-refractivity contribution in [3.63, 3.8) is 0 Å². The van der Waals surface area contributed by atoms with E-state index >= 15 is 0 Å². The minimum atomic E-state index is -0.373. The van der Waals surface area contributed by atoms with E-state index in [0.717, 1.165) is 21.7 Å². The third kappa shape index (κ3) is 3.13. The largest absolute Gasteiger partial charge is 0.350 e. The minimum absolute atomic E-state index is 0.288. The normalized spacial score (nSPS) is 14.2. The number of aryl methyl sites for hydroxylation is 2. The van der Waals surface area contributed by atoms with Gasteiger partial charge in [0, 0.05) is 15.6 Å². The maximum absolute atomic E-state index is 13.3. The standard InChI is InChI=1S/C22H17ClN2O2S/c1-13-6-3-4-7-16(13)24-20-19(18-8-5-11-28-18)21(26)25(22(20)27)17-10-9-15(23)12-14(17)2/h3-12,24H,1-2H3. The molecule has 28 heavy (non-hydrogen) atoms. The lowest BCUT2D eigenvalue weighted by molar-refractivity contribution is -0.120. The number of nitrogens with zero attached hydrogens (tertiary/aromatic N) is 1. The Hall–Kier alpha value is -2.89. The SMILES string of the molecule is Cc1ccccc1NC1=C(c2cccs2)C(=O)N(c2ccc(Cl)cc2C)C1=O. The molecular formula is C22H17ClN2O2S. The highest BCUT2D eigenvalue weighted by Gasteiger charge is 2.41. The van der Waals surface area contributed by atoms with Gasteiger partial charge in [0.15, 0.2) is 0 Å². The highest BCUT2D eigenvalue weighted by molar-refractivity contribution is 7.11. The number of rotatable bonds is 4. The first kappa shape index (κ1) is 18.5. The smallest absolute Gasteiger partial charge is 0.282 e. The monoisotopic (exact) mass is 408 g/mol. The van der Waals surface area contributed by atoms with Crippen LogP contribution in [0.2, 0.25) is 5.02 Å².